The van der Waals surface area contributed by atoms with Gasteiger partial charge >= 0.3 is 0 Å². The van der Waals surface area contributed by atoms with Crippen molar-refractivity contribution >= 4 is 144 Å². The van der Waals surface area contributed by atoms with Crippen molar-refractivity contribution in [3.63, 3.8) is 0 Å². The van der Waals surface area contributed by atoms with Crippen LogP contribution in [0.15, 0.2) is 260 Å². The van der Waals surface area contributed by atoms with E-state index in [0.717, 1.165) is 61.8 Å². The lowest BCUT2D eigenvalue weighted by Crippen LogP contribution is -2.03. The third-order valence-corrected chi connectivity index (χ3v) is 18.7. The number of fused-ring (bicyclic) bond motifs is 22. The molecular formula is C73H44BrN5S2. The maximum absolute atomic E-state index is 5.31. The molecule has 0 N–H and O–H groups in total. The van der Waals surface area contributed by atoms with E-state index < -0.39 is 0 Å². The molecule has 0 atom stereocenters. The highest BCUT2D eigenvalue weighted by Gasteiger charge is 2.27. The fraction of sp³-hybridized carbons (Fsp3) is 0.0137. The van der Waals surface area contributed by atoms with E-state index in [9.17, 15) is 0 Å². The predicted molar refractivity (Wildman–Crippen MR) is 347 cm³/mol. The highest BCUT2D eigenvalue weighted by atomic mass is 79.9. The van der Waals surface area contributed by atoms with E-state index in [1.165, 1.54) is 94.9 Å². The maximum Gasteiger partial charge on any atom is 0.235 e. The summed E-state index contributed by atoms with van der Waals surface area (Å²) in [6.45, 7) is 0. The molecule has 0 bridgehead atoms. The van der Waals surface area contributed by atoms with Gasteiger partial charge in [-0.1, -0.05) is 224 Å². The molecule has 0 spiro atoms. The Morgan fingerprint density at radius 2 is 0.827 bits per heavy atom. The van der Waals surface area contributed by atoms with Gasteiger partial charge in [0.25, 0.3) is 0 Å². The van der Waals surface area contributed by atoms with Crippen LogP contribution in [0.4, 0.5) is 0 Å². The molecular weight excluding hydrogens is 1090 g/mol. The van der Waals surface area contributed by atoms with Crippen LogP contribution in [-0.4, -0.2) is 24.5 Å². The van der Waals surface area contributed by atoms with E-state index in [2.05, 4.69) is 237 Å². The Morgan fingerprint density at radius 3 is 1.49 bits per heavy atom. The van der Waals surface area contributed by atoms with Gasteiger partial charge in [-0.25, -0.2) is 19.9 Å². The third-order valence-electron chi connectivity index (χ3n) is 15.9. The summed E-state index contributed by atoms with van der Waals surface area (Å²) in [5.74, 6) is 0.688. The van der Waals surface area contributed by atoms with Gasteiger partial charge < -0.3 is 0 Å². The molecule has 0 fully saturated rings. The van der Waals surface area contributed by atoms with Gasteiger partial charge in [-0.05, 0) is 85.7 Å². The van der Waals surface area contributed by atoms with Crippen LogP contribution in [0, 0.1) is 0 Å². The summed E-state index contributed by atoms with van der Waals surface area (Å²) >= 11 is 7.17. The number of hydrogen-bond donors (Lipinski definition) is 0. The predicted octanol–water partition coefficient (Wildman–Crippen LogP) is 20.8. The quantitative estimate of drug-likeness (QED) is 0.165. The lowest BCUT2D eigenvalue weighted by Gasteiger charge is -2.13. The van der Waals surface area contributed by atoms with Crippen molar-refractivity contribution in [2.75, 3.05) is 0 Å². The molecule has 0 unspecified atom stereocenters. The normalized spacial score (nSPS) is 12.0. The molecule has 0 aliphatic heterocycles. The first-order chi connectivity index (χ1) is 40.1. The molecule has 0 saturated heterocycles. The van der Waals surface area contributed by atoms with Crippen LogP contribution >= 0.6 is 38.6 Å². The minimum absolute atomic E-state index is 0.620. The number of para-hydroxylation sites is 3. The first kappa shape index (κ1) is 47.6. The average molecular weight is 1140 g/mol. The summed E-state index contributed by atoms with van der Waals surface area (Å²) in [5, 5.41) is 15.4. The van der Waals surface area contributed by atoms with Gasteiger partial charge in [0.2, 0.25) is 5.95 Å². The minimum atomic E-state index is 0.620. The number of rotatable bonds is 3. The molecule has 5 aromatic heterocycles. The van der Waals surface area contributed by atoms with Crippen molar-refractivity contribution in [2.45, 2.75) is 6.42 Å². The van der Waals surface area contributed by atoms with Gasteiger partial charge in [0.15, 0.2) is 4.73 Å². The van der Waals surface area contributed by atoms with Crippen LogP contribution in [-0.2, 0) is 6.42 Å². The van der Waals surface area contributed by atoms with Gasteiger partial charge in [-0.15, -0.1) is 22.7 Å². The van der Waals surface area contributed by atoms with E-state index in [-0.39, 0.29) is 0 Å². The first-order valence-corrected chi connectivity index (χ1v) is 29.5. The summed E-state index contributed by atoms with van der Waals surface area (Å²) in [6, 6.07) is 89.8. The Morgan fingerprint density at radius 1 is 0.358 bits per heavy atom. The second-order valence-corrected chi connectivity index (χ2v) is 23.3. The fourth-order valence-electron chi connectivity index (χ4n) is 12.5. The summed E-state index contributed by atoms with van der Waals surface area (Å²) in [4.78, 5) is 19.3. The molecule has 0 saturated carbocycles. The maximum atomic E-state index is 5.31. The van der Waals surface area contributed by atoms with Gasteiger partial charge in [0.05, 0.1) is 33.5 Å². The third kappa shape index (κ3) is 7.77. The highest BCUT2D eigenvalue weighted by Crippen LogP contribution is 2.51. The monoisotopic (exact) mass is 1130 g/mol. The molecule has 5 heterocycles. The standard InChI is InChI=1S/C36H21N3S.C23H14S.C14H9BrN2/c1-2-12-22(13-3-1)33-25-16-6-9-19-28(25)37-36(38-33)39-29-20-10-7-17-26(29)31-32-27-18-8-11-21-30(27)40-35(32)24-15-5-4-14-23(24)34(31)39;1-2-8-15-14(7-1)13-19-16-9-3-4-10-17(16)23-22(21(15)19)18-11-5-6-12-20(18)24-23;15-14-16-12-9-5-4-8-11(12)13(17-14)10-6-2-1-3-7-10/h1-21H;1-12H,13H2;1-9H. The van der Waals surface area contributed by atoms with Crippen molar-refractivity contribution < 1.29 is 0 Å². The number of benzene rings is 12. The Labute approximate surface area is 481 Å². The van der Waals surface area contributed by atoms with Crippen molar-refractivity contribution in [1.29, 1.82) is 0 Å². The zero-order chi connectivity index (χ0) is 53.5. The Hall–Kier alpha value is -9.44. The zero-order valence-corrected chi connectivity index (χ0v) is 46.6. The molecule has 1 aliphatic carbocycles. The average Bonchev–Trinajstić information content (AvgIpc) is 4.49. The van der Waals surface area contributed by atoms with Gasteiger partial charge in [-0.3, -0.25) is 4.57 Å². The van der Waals surface area contributed by atoms with Crippen LogP contribution in [0.3, 0.4) is 0 Å². The summed E-state index contributed by atoms with van der Waals surface area (Å²) in [6.07, 6.45) is 1.05. The molecule has 12 aromatic carbocycles. The van der Waals surface area contributed by atoms with E-state index in [4.69, 9.17) is 9.97 Å². The summed E-state index contributed by atoms with van der Waals surface area (Å²) < 4.78 is 8.36. The zero-order valence-electron chi connectivity index (χ0n) is 43.4. The second kappa shape index (κ2) is 19.4. The van der Waals surface area contributed by atoms with Crippen molar-refractivity contribution in [2.24, 2.45) is 0 Å². The van der Waals surface area contributed by atoms with E-state index in [0.29, 0.717) is 10.7 Å². The van der Waals surface area contributed by atoms with Crippen molar-refractivity contribution in [1.82, 2.24) is 24.5 Å². The fourth-order valence-corrected chi connectivity index (χ4v) is 15.3. The Balaban J connectivity index is 0.000000112. The Kier molecular flexibility index (Phi) is 11.4. The first-order valence-electron chi connectivity index (χ1n) is 27.1. The van der Waals surface area contributed by atoms with E-state index >= 15 is 0 Å². The van der Waals surface area contributed by atoms with Gasteiger partial charge in [0.1, 0.15) is 0 Å². The summed E-state index contributed by atoms with van der Waals surface area (Å²) in [7, 11) is 0. The number of hydrogen-bond acceptors (Lipinski definition) is 6. The number of aromatic nitrogens is 5. The molecule has 380 valence electrons. The molecule has 0 amide bonds. The second-order valence-electron chi connectivity index (χ2n) is 20.4. The van der Waals surface area contributed by atoms with E-state index in [1.54, 1.807) is 0 Å². The van der Waals surface area contributed by atoms with Crippen molar-refractivity contribution in [3.8, 4) is 39.6 Å². The smallest absolute Gasteiger partial charge is 0.235 e. The number of nitrogens with zero attached hydrogens (tertiary/aromatic N) is 5. The van der Waals surface area contributed by atoms with Crippen molar-refractivity contribution in [3.05, 3.63) is 271 Å². The van der Waals surface area contributed by atoms with Crippen LogP contribution < -0.4 is 0 Å². The Bertz CT molecular complexity index is 5360. The van der Waals surface area contributed by atoms with Crippen LogP contribution in [0.2, 0.25) is 0 Å². The van der Waals surface area contributed by atoms with Crippen LogP contribution in [0.1, 0.15) is 11.1 Å². The number of thiophene rings is 2. The molecule has 5 nitrogen and oxygen atoms in total. The number of halogens is 1. The molecule has 17 aromatic rings. The lowest BCUT2D eigenvalue weighted by molar-refractivity contribution is 1.02. The van der Waals surface area contributed by atoms with Crippen LogP contribution in [0.5, 0.6) is 0 Å². The minimum Gasteiger partial charge on any atom is -0.277 e. The lowest BCUT2D eigenvalue weighted by atomic mass is 9.94. The SMILES string of the molecule is Brc1nc(-c2ccccc2)c2ccccc2n1.c1ccc(-c2nc(-n3c4ccccc4c4c5c6ccccc6sc5c5ccccc5c43)nc3ccccc23)cc1.c1ccc2c(c1)Cc1c-2c2c3ccccc3sc2c2ccccc12. The molecule has 8 heteroatoms. The van der Waals surface area contributed by atoms with Gasteiger partial charge in [-0.2, -0.15) is 0 Å². The molecule has 81 heavy (non-hydrogen) atoms. The molecule has 1 aliphatic rings. The molecule has 18 rings (SSSR count). The van der Waals surface area contributed by atoms with Gasteiger partial charge in [0, 0.05) is 83.8 Å². The largest absolute Gasteiger partial charge is 0.277 e. The topological polar surface area (TPSA) is 56.5 Å². The highest BCUT2D eigenvalue weighted by molar-refractivity contribution is 9.10. The summed E-state index contributed by atoms with van der Waals surface area (Å²) in [5.41, 5.74) is 14.1. The molecule has 0 radical (unpaired) electrons. The van der Waals surface area contributed by atoms with Crippen LogP contribution in [0.25, 0.3) is 145 Å². The van der Waals surface area contributed by atoms with E-state index in [1.807, 2.05) is 71.2 Å².